The van der Waals surface area contributed by atoms with E-state index in [1.807, 2.05) is 0 Å². The van der Waals surface area contributed by atoms with Gasteiger partial charge in [-0.1, -0.05) is 5.16 Å². The molecular formula is C8H8ClN3O2. The lowest BCUT2D eigenvalue weighted by Crippen LogP contribution is -2.06. The molecule has 0 aliphatic heterocycles. The fourth-order valence-corrected chi connectivity index (χ4v) is 1.16. The Labute approximate surface area is 85.1 Å². The SMILES string of the molecule is CNCc1noc(-c2ccc(Cl)o2)n1. The minimum Gasteiger partial charge on any atom is -0.440 e. The molecule has 0 aliphatic carbocycles. The Kier molecular flexibility index (Phi) is 2.51. The van der Waals surface area contributed by atoms with Crippen LogP contribution in [0.3, 0.4) is 0 Å². The maximum Gasteiger partial charge on any atom is 0.293 e. The Morgan fingerprint density at radius 1 is 1.50 bits per heavy atom. The van der Waals surface area contributed by atoms with Crippen LogP contribution >= 0.6 is 11.6 Å². The molecule has 2 rings (SSSR count). The molecule has 2 heterocycles. The Bertz CT molecular complexity index is 424. The maximum absolute atomic E-state index is 5.61. The van der Waals surface area contributed by atoms with Crippen LogP contribution in [-0.2, 0) is 6.54 Å². The molecule has 0 bridgehead atoms. The van der Waals surface area contributed by atoms with Gasteiger partial charge in [-0.25, -0.2) is 0 Å². The zero-order chi connectivity index (χ0) is 9.97. The van der Waals surface area contributed by atoms with Crippen molar-refractivity contribution < 1.29 is 8.94 Å². The smallest absolute Gasteiger partial charge is 0.293 e. The molecule has 6 heteroatoms. The zero-order valence-electron chi connectivity index (χ0n) is 7.45. The molecule has 0 unspecified atom stereocenters. The normalized spacial score (nSPS) is 10.7. The second-order valence-corrected chi connectivity index (χ2v) is 3.02. The average molecular weight is 214 g/mol. The molecule has 1 N–H and O–H groups in total. The maximum atomic E-state index is 5.61. The predicted molar refractivity (Wildman–Crippen MR) is 49.8 cm³/mol. The van der Waals surface area contributed by atoms with Crippen LogP contribution in [0.25, 0.3) is 11.7 Å². The van der Waals surface area contributed by atoms with Crippen molar-refractivity contribution in [3.8, 4) is 11.7 Å². The molecule has 2 aromatic rings. The summed E-state index contributed by atoms with van der Waals surface area (Å²) in [7, 11) is 1.81. The molecule has 5 nitrogen and oxygen atoms in total. The summed E-state index contributed by atoms with van der Waals surface area (Å²) in [6, 6.07) is 3.30. The first-order valence-electron chi connectivity index (χ1n) is 4.02. The first-order valence-corrected chi connectivity index (χ1v) is 4.40. The van der Waals surface area contributed by atoms with Crippen LogP contribution in [0.4, 0.5) is 0 Å². The molecule has 0 spiro atoms. The largest absolute Gasteiger partial charge is 0.440 e. The van der Waals surface area contributed by atoms with E-state index >= 15 is 0 Å². The van der Waals surface area contributed by atoms with Gasteiger partial charge in [0, 0.05) is 0 Å². The molecule has 0 aliphatic rings. The minimum atomic E-state index is 0.299. The van der Waals surface area contributed by atoms with Crippen molar-refractivity contribution in [3.05, 3.63) is 23.2 Å². The number of halogens is 1. The summed E-state index contributed by atoms with van der Waals surface area (Å²) in [5.74, 6) is 1.39. The van der Waals surface area contributed by atoms with Crippen LogP contribution in [-0.4, -0.2) is 17.2 Å². The molecular weight excluding hydrogens is 206 g/mol. The number of hydrogen-bond acceptors (Lipinski definition) is 5. The van der Waals surface area contributed by atoms with Crippen molar-refractivity contribution >= 4 is 11.6 Å². The van der Waals surface area contributed by atoms with Gasteiger partial charge < -0.3 is 14.3 Å². The van der Waals surface area contributed by atoms with Crippen LogP contribution in [0.2, 0.25) is 5.22 Å². The number of rotatable bonds is 3. The number of nitrogens with one attached hydrogen (secondary N) is 1. The van der Waals surface area contributed by atoms with Gasteiger partial charge in [-0.3, -0.25) is 0 Å². The summed E-state index contributed by atoms with van der Waals surface area (Å²) < 4.78 is 10.1. The molecule has 0 saturated heterocycles. The van der Waals surface area contributed by atoms with Crippen LogP contribution in [0.15, 0.2) is 21.1 Å². The Balaban J connectivity index is 2.24. The van der Waals surface area contributed by atoms with Crippen molar-refractivity contribution in [2.45, 2.75) is 6.54 Å². The van der Waals surface area contributed by atoms with Gasteiger partial charge in [0.25, 0.3) is 5.89 Å². The summed E-state index contributed by atoms with van der Waals surface area (Å²) in [6.45, 7) is 0.554. The van der Waals surface area contributed by atoms with Gasteiger partial charge in [0.15, 0.2) is 16.8 Å². The van der Waals surface area contributed by atoms with Crippen molar-refractivity contribution in [2.75, 3.05) is 7.05 Å². The lowest BCUT2D eigenvalue weighted by molar-refractivity contribution is 0.408. The number of hydrogen-bond donors (Lipinski definition) is 1. The van der Waals surface area contributed by atoms with E-state index in [0.29, 0.717) is 29.2 Å². The highest BCUT2D eigenvalue weighted by atomic mass is 35.5. The quantitative estimate of drug-likeness (QED) is 0.841. The highest BCUT2D eigenvalue weighted by Crippen LogP contribution is 2.22. The molecule has 2 aromatic heterocycles. The van der Waals surface area contributed by atoms with Gasteiger partial charge in [-0.2, -0.15) is 4.98 Å². The third-order valence-corrected chi connectivity index (χ3v) is 1.79. The second kappa shape index (κ2) is 3.81. The first kappa shape index (κ1) is 9.23. The van der Waals surface area contributed by atoms with Gasteiger partial charge >= 0.3 is 0 Å². The van der Waals surface area contributed by atoms with Crippen LogP contribution in [0.1, 0.15) is 5.82 Å². The van der Waals surface area contributed by atoms with Crippen molar-refractivity contribution in [1.29, 1.82) is 0 Å². The van der Waals surface area contributed by atoms with Crippen LogP contribution < -0.4 is 5.32 Å². The van der Waals surface area contributed by atoms with E-state index in [-0.39, 0.29) is 0 Å². The molecule has 74 valence electrons. The molecule has 0 atom stereocenters. The Morgan fingerprint density at radius 3 is 3.00 bits per heavy atom. The summed E-state index contributed by atoms with van der Waals surface area (Å²) >= 11 is 5.61. The van der Waals surface area contributed by atoms with E-state index in [1.54, 1.807) is 19.2 Å². The number of nitrogens with zero attached hydrogens (tertiary/aromatic N) is 2. The van der Waals surface area contributed by atoms with E-state index in [9.17, 15) is 0 Å². The third-order valence-electron chi connectivity index (χ3n) is 1.59. The molecule has 0 amide bonds. The lowest BCUT2D eigenvalue weighted by atomic mass is 10.4. The molecule has 14 heavy (non-hydrogen) atoms. The standard InChI is InChI=1S/C8H8ClN3O2/c1-10-4-7-11-8(14-12-7)5-2-3-6(9)13-5/h2-3,10H,4H2,1H3. The highest BCUT2D eigenvalue weighted by Gasteiger charge is 2.11. The third kappa shape index (κ3) is 1.78. The van der Waals surface area contributed by atoms with Gasteiger partial charge in [0.05, 0.1) is 6.54 Å². The van der Waals surface area contributed by atoms with Gasteiger partial charge in [-0.15, -0.1) is 0 Å². The molecule has 0 radical (unpaired) electrons. The van der Waals surface area contributed by atoms with E-state index in [2.05, 4.69) is 15.5 Å². The summed E-state index contributed by atoms with van der Waals surface area (Å²) in [5, 5.41) is 6.95. The van der Waals surface area contributed by atoms with Gasteiger partial charge in [0.2, 0.25) is 0 Å². The summed E-state index contributed by atoms with van der Waals surface area (Å²) in [5.41, 5.74) is 0. The zero-order valence-corrected chi connectivity index (χ0v) is 8.21. The number of furan rings is 1. The van der Waals surface area contributed by atoms with Crippen molar-refractivity contribution in [3.63, 3.8) is 0 Å². The van der Waals surface area contributed by atoms with Crippen molar-refractivity contribution in [2.24, 2.45) is 0 Å². The highest BCUT2D eigenvalue weighted by molar-refractivity contribution is 6.28. The topological polar surface area (TPSA) is 64.1 Å². The van der Waals surface area contributed by atoms with E-state index < -0.39 is 0 Å². The molecule has 0 aromatic carbocycles. The van der Waals surface area contributed by atoms with E-state index in [4.69, 9.17) is 20.5 Å². The Hall–Kier alpha value is -1.33. The fourth-order valence-electron chi connectivity index (χ4n) is 1.01. The minimum absolute atomic E-state index is 0.299. The second-order valence-electron chi connectivity index (χ2n) is 2.65. The van der Waals surface area contributed by atoms with Crippen LogP contribution in [0, 0.1) is 0 Å². The monoisotopic (exact) mass is 213 g/mol. The summed E-state index contributed by atoms with van der Waals surface area (Å²) in [4.78, 5) is 4.09. The first-order chi connectivity index (χ1) is 6.79. The predicted octanol–water partition coefficient (Wildman–Crippen LogP) is 1.70. The summed E-state index contributed by atoms with van der Waals surface area (Å²) in [6.07, 6.45) is 0. The van der Waals surface area contributed by atoms with E-state index in [1.165, 1.54) is 0 Å². The van der Waals surface area contributed by atoms with Crippen LogP contribution in [0.5, 0.6) is 0 Å². The Morgan fingerprint density at radius 2 is 2.36 bits per heavy atom. The number of aromatic nitrogens is 2. The van der Waals surface area contributed by atoms with Crippen molar-refractivity contribution in [1.82, 2.24) is 15.5 Å². The fraction of sp³-hybridized carbons (Fsp3) is 0.250. The molecule has 0 saturated carbocycles. The van der Waals surface area contributed by atoms with E-state index in [0.717, 1.165) is 0 Å². The molecule has 0 fully saturated rings. The van der Waals surface area contributed by atoms with Gasteiger partial charge in [-0.05, 0) is 30.8 Å². The lowest BCUT2D eigenvalue weighted by Gasteiger charge is -1.86. The van der Waals surface area contributed by atoms with Gasteiger partial charge in [0.1, 0.15) is 0 Å². The average Bonchev–Trinajstić information content (AvgIpc) is 2.74.